The van der Waals surface area contributed by atoms with E-state index < -0.39 is 11.9 Å². The predicted molar refractivity (Wildman–Crippen MR) is 41.7 cm³/mol. The zero-order valence-electron chi connectivity index (χ0n) is 7.16. The second kappa shape index (κ2) is 4.42. The average molecular weight is 174 g/mol. The highest BCUT2D eigenvalue weighted by Gasteiger charge is 2.21. The van der Waals surface area contributed by atoms with Gasteiger partial charge in [-0.05, 0) is 6.42 Å². The van der Waals surface area contributed by atoms with E-state index in [0.717, 1.165) is 6.42 Å². The van der Waals surface area contributed by atoms with Crippen molar-refractivity contribution < 1.29 is 19.4 Å². The third kappa shape index (κ3) is 2.79. The number of ether oxygens (including phenoxy) is 2. The monoisotopic (exact) mass is 174 g/mol. The van der Waals surface area contributed by atoms with Gasteiger partial charge in [0.05, 0.1) is 19.1 Å². The molecule has 4 nitrogen and oxygen atoms in total. The zero-order valence-corrected chi connectivity index (χ0v) is 7.16. The molecule has 4 heteroatoms. The Morgan fingerprint density at radius 3 is 2.67 bits per heavy atom. The van der Waals surface area contributed by atoms with Crippen molar-refractivity contribution in [3.63, 3.8) is 0 Å². The summed E-state index contributed by atoms with van der Waals surface area (Å²) < 4.78 is 10.4. The number of rotatable bonds is 3. The fraction of sp³-hybridized carbons (Fsp3) is 0.875. The van der Waals surface area contributed by atoms with Gasteiger partial charge < -0.3 is 14.6 Å². The Balaban J connectivity index is 2.24. The maximum absolute atomic E-state index is 10.5. The average Bonchev–Trinajstić information content (AvgIpc) is 2.06. The van der Waals surface area contributed by atoms with Gasteiger partial charge in [-0.1, -0.05) is 6.92 Å². The lowest BCUT2D eigenvalue weighted by Crippen LogP contribution is -2.28. The van der Waals surface area contributed by atoms with Gasteiger partial charge in [0.25, 0.3) is 0 Å². The topological polar surface area (TPSA) is 55.8 Å². The van der Waals surface area contributed by atoms with Crippen LogP contribution in [0, 0.1) is 5.92 Å². The van der Waals surface area contributed by atoms with Gasteiger partial charge in [-0.2, -0.15) is 0 Å². The molecule has 1 fully saturated rings. The smallest absolute Gasteiger partial charge is 0.306 e. The lowest BCUT2D eigenvalue weighted by Gasteiger charge is -2.24. The van der Waals surface area contributed by atoms with E-state index in [1.165, 1.54) is 0 Å². The van der Waals surface area contributed by atoms with E-state index in [-0.39, 0.29) is 6.29 Å². The largest absolute Gasteiger partial charge is 0.481 e. The van der Waals surface area contributed by atoms with E-state index in [1.54, 1.807) is 6.92 Å². The minimum Gasteiger partial charge on any atom is -0.481 e. The fourth-order valence-electron chi connectivity index (χ4n) is 1.06. The summed E-state index contributed by atoms with van der Waals surface area (Å²) in [5, 5.41) is 8.60. The van der Waals surface area contributed by atoms with Crippen molar-refractivity contribution in [2.75, 3.05) is 13.2 Å². The Labute approximate surface area is 71.5 Å². The second-order valence-electron chi connectivity index (χ2n) is 3.00. The van der Waals surface area contributed by atoms with Crippen LogP contribution in [-0.4, -0.2) is 30.6 Å². The Hall–Kier alpha value is -0.610. The molecule has 1 unspecified atom stereocenters. The van der Waals surface area contributed by atoms with E-state index in [4.69, 9.17) is 14.6 Å². The van der Waals surface area contributed by atoms with Crippen LogP contribution in [0.3, 0.4) is 0 Å². The van der Waals surface area contributed by atoms with Gasteiger partial charge in [0, 0.05) is 6.42 Å². The van der Waals surface area contributed by atoms with Crippen molar-refractivity contribution >= 4 is 5.97 Å². The van der Waals surface area contributed by atoms with E-state index in [9.17, 15) is 4.79 Å². The van der Waals surface area contributed by atoms with Crippen molar-refractivity contribution in [1.29, 1.82) is 0 Å². The van der Waals surface area contributed by atoms with Gasteiger partial charge in [0.1, 0.15) is 0 Å². The summed E-state index contributed by atoms with van der Waals surface area (Å²) in [5.41, 5.74) is 0. The fourth-order valence-corrected chi connectivity index (χ4v) is 1.06. The summed E-state index contributed by atoms with van der Waals surface area (Å²) in [4.78, 5) is 10.5. The number of carbonyl (C=O) groups is 1. The van der Waals surface area contributed by atoms with Crippen molar-refractivity contribution in [2.24, 2.45) is 5.92 Å². The molecule has 0 radical (unpaired) electrons. The summed E-state index contributed by atoms with van der Waals surface area (Å²) in [6.07, 6.45) is 1.03. The van der Waals surface area contributed by atoms with E-state index >= 15 is 0 Å². The molecule has 1 aliphatic rings. The summed E-state index contributed by atoms with van der Waals surface area (Å²) >= 11 is 0. The minimum absolute atomic E-state index is 0.315. The van der Waals surface area contributed by atoms with Gasteiger partial charge >= 0.3 is 5.97 Å². The van der Waals surface area contributed by atoms with Gasteiger partial charge in [0.15, 0.2) is 6.29 Å². The number of carboxylic acids is 1. The summed E-state index contributed by atoms with van der Waals surface area (Å²) in [6, 6.07) is 0. The van der Waals surface area contributed by atoms with Crippen LogP contribution in [0.1, 0.15) is 19.8 Å². The van der Waals surface area contributed by atoms with Crippen LogP contribution in [0.5, 0.6) is 0 Å². The first-order chi connectivity index (χ1) is 5.70. The van der Waals surface area contributed by atoms with Crippen molar-refractivity contribution in [3.05, 3.63) is 0 Å². The zero-order chi connectivity index (χ0) is 8.97. The molecule has 0 spiro atoms. The van der Waals surface area contributed by atoms with E-state index in [2.05, 4.69) is 0 Å². The molecule has 0 aromatic carbocycles. The van der Waals surface area contributed by atoms with Gasteiger partial charge in [-0.15, -0.1) is 0 Å². The van der Waals surface area contributed by atoms with E-state index in [1.807, 2.05) is 0 Å². The van der Waals surface area contributed by atoms with Crippen LogP contribution in [0.2, 0.25) is 0 Å². The Morgan fingerprint density at radius 2 is 2.17 bits per heavy atom. The molecule has 1 heterocycles. The Kier molecular flexibility index (Phi) is 3.49. The first kappa shape index (κ1) is 9.48. The number of hydrogen-bond donors (Lipinski definition) is 1. The SMILES string of the molecule is CC(CC1OCCCO1)C(=O)O. The van der Waals surface area contributed by atoms with Crippen LogP contribution >= 0.6 is 0 Å². The molecule has 12 heavy (non-hydrogen) atoms. The van der Waals surface area contributed by atoms with Gasteiger partial charge in [-0.3, -0.25) is 4.79 Å². The predicted octanol–water partition coefficient (Wildman–Crippen LogP) is 0.860. The molecule has 1 rings (SSSR count). The second-order valence-corrected chi connectivity index (χ2v) is 3.00. The molecule has 1 N–H and O–H groups in total. The highest BCUT2D eigenvalue weighted by molar-refractivity contribution is 5.69. The third-order valence-electron chi connectivity index (χ3n) is 1.86. The highest BCUT2D eigenvalue weighted by Crippen LogP contribution is 2.14. The lowest BCUT2D eigenvalue weighted by molar-refractivity contribution is -0.189. The summed E-state index contributed by atoms with van der Waals surface area (Å²) in [5.74, 6) is -1.19. The molecular formula is C8H14O4. The number of carboxylic acid groups (broad SMARTS) is 1. The molecular weight excluding hydrogens is 160 g/mol. The van der Waals surface area contributed by atoms with Crippen LogP contribution in [0.15, 0.2) is 0 Å². The van der Waals surface area contributed by atoms with Crippen LogP contribution < -0.4 is 0 Å². The Morgan fingerprint density at radius 1 is 1.58 bits per heavy atom. The van der Waals surface area contributed by atoms with E-state index in [0.29, 0.717) is 19.6 Å². The van der Waals surface area contributed by atoms with Gasteiger partial charge in [0.2, 0.25) is 0 Å². The first-order valence-corrected chi connectivity index (χ1v) is 4.16. The number of aliphatic carboxylic acids is 1. The summed E-state index contributed by atoms with van der Waals surface area (Å²) in [7, 11) is 0. The maximum Gasteiger partial charge on any atom is 0.306 e. The Bertz CT molecular complexity index is 151. The lowest BCUT2D eigenvalue weighted by atomic mass is 10.1. The minimum atomic E-state index is -0.798. The molecule has 1 saturated heterocycles. The molecule has 70 valence electrons. The third-order valence-corrected chi connectivity index (χ3v) is 1.86. The molecule has 0 aromatic heterocycles. The first-order valence-electron chi connectivity index (χ1n) is 4.16. The van der Waals surface area contributed by atoms with Crippen LogP contribution in [0.25, 0.3) is 0 Å². The quantitative estimate of drug-likeness (QED) is 0.689. The van der Waals surface area contributed by atoms with Gasteiger partial charge in [-0.25, -0.2) is 0 Å². The molecule has 0 aliphatic carbocycles. The molecule has 0 saturated carbocycles. The molecule has 1 aliphatic heterocycles. The summed E-state index contributed by atoms with van der Waals surface area (Å²) in [6.45, 7) is 3.01. The van der Waals surface area contributed by atoms with Crippen LogP contribution in [0.4, 0.5) is 0 Å². The number of hydrogen-bond acceptors (Lipinski definition) is 3. The molecule has 1 atom stereocenters. The van der Waals surface area contributed by atoms with Crippen molar-refractivity contribution in [3.8, 4) is 0 Å². The van der Waals surface area contributed by atoms with Crippen molar-refractivity contribution in [2.45, 2.75) is 26.1 Å². The molecule has 0 bridgehead atoms. The molecule has 0 aromatic rings. The normalized spacial score (nSPS) is 22.1. The maximum atomic E-state index is 10.5. The van der Waals surface area contributed by atoms with Crippen LogP contribution in [-0.2, 0) is 14.3 Å². The van der Waals surface area contributed by atoms with Crippen molar-refractivity contribution in [1.82, 2.24) is 0 Å². The highest BCUT2D eigenvalue weighted by atomic mass is 16.7. The standard InChI is InChI=1S/C8H14O4/c1-6(8(9)10)5-7-11-3-2-4-12-7/h6-7H,2-5H2,1H3,(H,9,10). The molecule has 0 amide bonds.